The van der Waals surface area contributed by atoms with Crippen molar-refractivity contribution in [1.82, 2.24) is 9.97 Å². The van der Waals surface area contributed by atoms with E-state index in [1.54, 1.807) is 0 Å². The lowest BCUT2D eigenvalue weighted by molar-refractivity contribution is 0.350. The molecule has 0 radical (unpaired) electrons. The maximum absolute atomic E-state index is 11.3. The summed E-state index contributed by atoms with van der Waals surface area (Å²) in [6.45, 7) is -0.175. The van der Waals surface area contributed by atoms with Crippen LogP contribution in [0.4, 0.5) is 5.82 Å². The third-order valence-corrected chi connectivity index (χ3v) is 3.35. The Labute approximate surface area is 120 Å². The van der Waals surface area contributed by atoms with Gasteiger partial charge in [0, 0.05) is 17.4 Å². The maximum atomic E-state index is 11.3. The molecule has 0 fully saturated rings. The molecular weight excluding hydrogens is 274 g/mol. The lowest BCUT2D eigenvalue weighted by atomic mass is 10.1. The van der Waals surface area contributed by atoms with Gasteiger partial charge in [0.2, 0.25) is 0 Å². The Bertz CT molecular complexity index is 716. The average molecular weight is 287 g/mol. The molecule has 1 aromatic heterocycles. The second-order valence-corrected chi connectivity index (χ2v) is 4.85. The molecule has 0 atom stereocenters. The maximum Gasteiger partial charge on any atom is 0.253 e. The summed E-state index contributed by atoms with van der Waals surface area (Å²) in [7, 11) is 0. The predicted molar refractivity (Wildman–Crippen MR) is 79.2 cm³/mol. The zero-order chi connectivity index (χ0) is 14.4. The van der Waals surface area contributed by atoms with E-state index in [0.717, 1.165) is 11.1 Å². The number of aliphatic hydroxyl groups excluding tert-OH is 1. The standard InChI is InChI=1S/C14H13N3O2S/c15-12-8-13(19)17-14(16-12)20-9-11-5-2-1-4-10(11)6-3-7-18/h1-2,4-5,8,18H,7,9H2,(H3,15,16,17,19). The first kappa shape index (κ1) is 14.2. The van der Waals surface area contributed by atoms with Gasteiger partial charge in [-0.15, -0.1) is 0 Å². The molecule has 2 aromatic rings. The number of hydrogen-bond acceptors (Lipinski definition) is 5. The monoisotopic (exact) mass is 287 g/mol. The van der Waals surface area contributed by atoms with Crippen molar-refractivity contribution in [3.8, 4) is 11.8 Å². The van der Waals surface area contributed by atoms with Gasteiger partial charge in [-0.2, -0.15) is 0 Å². The third kappa shape index (κ3) is 3.88. The van der Waals surface area contributed by atoms with Gasteiger partial charge in [-0.3, -0.25) is 4.79 Å². The van der Waals surface area contributed by atoms with Crippen molar-refractivity contribution < 1.29 is 5.11 Å². The SMILES string of the molecule is Nc1cc(=O)[nH]c(SCc2ccccc2C#CCO)n1. The van der Waals surface area contributed by atoms with Crippen LogP contribution in [-0.4, -0.2) is 21.7 Å². The molecular formula is C14H13N3O2S. The number of benzene rings is 1. The second-order valence-electron chi connectivity index (χ2n) is 3.88. The van der Waals surface area contributed by atoms with Crippen LogP contribution in [0.25, 0.3) is 0 Å². The summed E-state index contributed by atoms with van der Waals surface area (Å²) in [4.78, 5) is 18.0. The van der Waals surface area contributed by atoms with Gasteiger partial charge in [0.25, 0.3) is 5.56 Å². The minimum atomic E-state index is -0.270. The van der Waals surface area contributed by atoms with E-state index in [4.69, 9.17) is 10.8 Å². The van der Waals surface area contributed by atoms with E-state index in [0.29, 0.717) is 10.9 Å². The highest BCUT2D eigenvalue weighted by molar-refractivity contribution is 7.98. The number of nitrogens with one attached hydrogen (secondary N) is 1. The molecule has 0 aliphatic carbocycles. The highest BCUT2D eigenvalue weighted by Crippen LogP contribution is 2.20. The summed E-state index contributed by atoms with van der Waals surface area (Å²) in [5.41, 5.74) is 7.11. The number of aliphatic hydroxyl groups is 1. The molecule has 1 aromatic carbocycles. The van der Waals surface area contributed by atoms with E-state index in [1.165, 1.54) is 17.8 Å². The van der Waals surface area contributed by atoms with E-state index in [9.17, 15) is 4.79 Å². The van der Waals surface area contributed by atoms with Gasteiger partial charge in [0.05, 0.1) is 0 Å². The molecule has 0 amide bonds. The topological polar surface area (TPSA) is 92.0 Å². The number of nitrogen functional groups attached to an aromatic ring is 1. The van der Waals surface area contributed by atoms with Gasteiger partial charge in [0.1, 0.15) is 12.4 Å². The molecule has 2 rings (SSSR count). The van der Waals surface area contributed by atoms with Gasteiger partial charge in [-0.1, -0.05) is 41.8 Å². The Morgan fingerprint density at radius 2 is 2.20 bits per heavy atom. The molecule has 0 aliphatic heterocycles. The van der Waals surface area contributed by atoms with Crippen LogP contribution in [0.15, 0.2) is 40.3 Å². The molecule has 0 saturated heterocycles. The van der Waals surface area contributed by atoms with E-state index < -0.39 is 0 Å². The Hall–Kier alpha value is -2.23. The Morgan fingerprint density at radius 3 is 2.95 bits per heavy atom. The molecule has 0 spiro atoms. The molecule has 0 aliphatic rings. The third-order valence-electron chi connectivity index (χ3n) is 2.42. The van der Waals surface area contributed by atoms with Gasteiger partial charge in [-0.05, 0) is 11.6 Å². The van der Waals surface area contributed by atoms with Gasteiger partial charge >= 0.3 is 0 Å². The quantitative estimate of drug-likeness (QED) is 0.445. The number of thioether (sulfide) groups is 1. The van der Waals surface area contributed by atoms with Crippen molar-refractivity contribution in [3.05, 3.63) is 51.8 Å². The van der Waals surface area contributed by atoms with Crippen molar-refractivity contribution in [2.24, 2.45) is 0 Å². The van der Waals surface area contributed by atoms with Crippen LogP contribution in [0, 0.1) is 11.8 Å². The fourth-order valence-electron chi connectivity index (χ4n) is 1.57. The van der Waals surface area contributed by atoms with Gasteiger partial charge < -0.3 is 15.8 Å². The number of aromatic nitrogens is 2. The van der Waals surface area contributed by atoms with Gasteiger partial charge in [0.15, 0.2) is 5.16 Å². The molecule has 20 heavy (non-hydrogen) atoms. The van der Waals surface area contributed by atoms with Crippen LogP contribution in [0.5, 0.6) is 0 Å². The van der Waals surface area contributed by atoms with Crippen LogP contribution >= 0.6 is 11.8 Å². The number of nitrogens with two attached hydrogens (primary N) is 1. The van der Waals surface area contributed by atoms with Crippen LogP contribution < -0.4 is 11.3 Å². The Balaban J connectivity index is 2.16. The zero-order valence-electron chi connectivity index (χ0n) is 10.6. The van der Waals surface area contributed by atoms with E-state index in [1.807, 2.05) is 24.3 Å². The molecule has 4 N–H and O–H groups in total. The molecule has 102 valence electrons. The van der Waals surface area contributed by atoms with E-state index >= 15 is 0 Å². The number of nitrogens with zero attached hydrogens (tertiary/aromatic N) is 1. The first-order chi connectivity index (χ1) is 9.69. The fourth-order valence-corrected chi connectivity index (χ4v) is 2.46. The van der Waals surface area contributed by atoms with Crippen LogP contribution in [0.1, 0.15) is 11.1 Å². The van der Waals surface area contributed by atoms with Crippen molar-refractivity contribution in [1.29, 1.82) is 0 Å². The molecule has 1 heterocycles. The average Bonchev–Trinajstić information content (AvgIpc) is 2.43. The van der Waals surface area contributed by atoms with Crippen LogP contribution in [0.3, 0.4) is 0 Å². The van der Waals surface area contributed by atoms with Crippen molar-refractivity contribution >= 4 is 17.6 Å². The van der Waals surface area contributed by atoms with Crippen LogP contribution in [0.2, 0.25) is 0 Å². The largest absolute Gasteiger partial charge is 0.384 e. The smallest absolute Gasteiger partial charge is 0.253 e. The van der Waals surface area contributed by atoms with E-state index in [-0.39, 0.29) is 18.0 Å². The van der Waals surface area contributed by atoms with Crippen molar-refractivity contribution in [3.63, 3.8) is 0 Å². The predicted octanol–water partition coefficient (Wildman–Crippen LogP) is 0.988. The Morgan fingerprint density at radius 1 is 1.40 bits per heavy atom. The normalized spacial score (nSPS) is 9.85. The number of H-pyrrole nitrogens is 1. The summed E-state index contributed by atoms with van der Waals surface area (Å²) < 4.78 is 0. The molecule has 6 heteroatoms. The number of anilines is 1. The minimum absolute atomic E-state index is 0.175. The minimum Gasteiger partial charge on any atom is -0.384 e. The van der Waals surface area contributed by atoms with Crippen molar-refractivity contribution in [2.45, 2.75) is 10.9 Å². The summed E-state index contributed by atoms with van der Waals surface area (Å²) in [6.07, 6.45) is 0. The second kappa shape index (κ2) is 6.80. The Kier molecular flexibility index (Phi) is 4.82. The number of rotatable bonds is 3. The summed E-state index contributed by atoms with van der Waals surface area (Å²) in [6, 6.07) is 8.86. The van der Waals surface area contributed by atoms with Crippen LogP contribution in [-0.2, 0) is 5.75 Å². The number of hydrogen-bond donors (Lipinski definition) is 3. The summed E-state index contributed by atoms with van der Waals surface area (Å²) in [5.74, 6) is 6.31. The molecule has 0 unspecified atom stereocenters. The van der Waals surface area contributed by atoms with E-state index in [2.05, 4.69) is 21.8 Å². The first-order valence-electron chi connectivity index (χ1n) is 5.86. The molecule has 5 nitrogen and oxygen atoms in total. The fraction of sp³-hybridized carbons (Fsp3) is 0.143. The van der Waals surface area contributed by atoms with Gasteiger partial charge in [-0.25, -0.2) is 4.98 Å². The first-order valence-corrected chi connectivity index (χ1v) is 6.85. The molecule has 0 bridgehead atoms. The summed E-state index contributed by atoms with van der Waals surface area (Å²) >= 11 is 1.37. The number of aromatic amines is 1. The highest BCUT2D eigenvalue weighted by Gasteiger charge is 2.03. The summed E-state index contributed by atoms with van der Waals surface area (Å²) in [5, 5.41) is 9.22. The highest BCUT2D eigenvalue weighted by atomic mass is 32.2. The zero-order valence-corrected chi connectivity index (χ0v) is 11.4. The van der Waals surface area contributed by atoms with Crippen molar-refractivity contribution in [2.75, 3.05) is 12.3 Å². The lowest BCUT2D eigenvalue weighted by Crippen LogP contribution is -2.09. The lowest BCUT2D eigenvalue weighted by Gasteiger charge is -2.04. The molecule has 0 saturated carbocycles.